The molecule has 1 heterocycles. The first-order valence-electron chi connectivity index (χ1n) is 5.87. The molecule has 0 aliphatic heterocycles. The number of nitrogens with zero attached hydrogens (tertiary/aromatic N) is 1. The van der Waals surface area contributed by atoms with Crippen molar-refractivity contribution >= 4 is 5.78 Å². The number of ketones is 1. The summed E-state index contributed by atoms with van der Waals surface area (Å²) in [5, 5.41) is 0. The molecule has 3 heteroatoms. The number of aromatic nitrogens is 1. The molecule has 0 fully saturated rings. The zero-order chi connectivity index (χ0) is 13.0. The number of hydrogen-bond donors (Lipinski definition) is 1. The van der Waals surface area contributed by atoms with Crippen LogP contribution in [0.1, 0.15) is 18.1 Å². The van der Waals surface area contributed by atoms with Gasteiger partial charge in [0.25, 0.3) is 0 Å². The van der Waals surface area contributed by atoms with Crippen LogP contribution in [0.25, 0.3) is 0 Å². The second-order valence-corrected chi connectivity index (χ2v) is 4.53. The third kappa shape index (κ3) is 2.63. The van der Waals surface area contributed by atoms with E-state index in [2.05, 4.69) is 4.98 Å². The van der Waals surface area contributed by atoms with E-state index in [9.17, 15) is 4.79 Å². The molecular weight excluding hydrogens is 224 g/mol. The SMILES string of the molecule is CC(N)(C(=O)Cc1cccnc1)c1ccccc1. The van der Waals surface area contributed by atoms with Gasteiger partial charge in [0.2, 0.25) is 0 Å². The number of Topliss-reactive ketones (excluding diaryl/α,β-unsaturated/α-hetero) is 1. The van der Waals surface area contributed by atoms with E-state index in [0.717, 1.165) is 11.1 Å². The molecule has 92 valence electrons. The van der Waals surface area contributed by atoms with Gasteiger partial charge in [-0.25, -0.2) is 0 Å². The van der Waals surface area contributed by atoms with Crippen LogP contribution in [0.5, 0.6) is 0 Å². The smallest absolute Gasteiger partial charge is 0.161 e. The number of rotatable bonds is 4. The van der Waals surface area contributed by atoms with Crippen molar-refractivity contribution in [1.82, 2.24) is 4.98 Å². The molecule has 0 saturated heterocycles. The van der Waals surface area contributed by atoms with E-state index in [0.29, 0.717) is 6.42 Å². The molecule has 0 radical (unpaired) electrons. The van der Waals surface area contributed by atoms with E-state index in [1.165, 1.54) is 0 Å². The summed E-state index contributed by atoms with van der Waals surface area (Å²) < 4.78 is 0. The highest BCUT2D eigenvalue weighted by molar-refractivity contribution is 5.90. The van der Waals surface area contributed by atoms with Gasteiger partial charge in [0, 0.05) is 18.8 Å². The van der Waals surface area contributed by atoms with Crippen LogP contribution in [0, 0.1) is 0 Å². The number of carbonyl (C=O) groups excluding carboxylic acids is 1. The maximum Gasteiger partial charge on any atom is 0.161 e. The summed E-state index contributed by atoms with van der Waals surface area (Å²) in [7, 11) is 0. The predicted molar refractivity (Wildman–Crippen MR) is 70.9 cm³/mol. The molecule has 2 aromatic rings. The number of carbonyl (C=O) groups is 1. The fourth-order valence-electron chi connectivity index (χ4n) is 1.82. The molecule has 2 N–H and O–H groups in total. The van der Waals surface area contributed by atoms with Crippen LogP contribution in [0.15, 0.2) is 54.9 Å². The molecule has 0 spiro atoms. The third-order valence-electron chi connectivity index (χ3n) is 3.04. The molecule has 0 amide bonds. The fraction of sp³-hybridized carbons (Fsp3) is 0.200. The molecule has 0 aliphatic carbocycles. The first-order chi connectivity index (χ1) is 8.60. The third-order valence-corrected chi connectivity index (χ3v) is 3.04. The van der Waals surface area contributed by atoms with E-state index < -0.39 is 5.54 Å². The summed E-state index contributed by atoms with van der Waals surface area (Å²) in [5.41, 5.74) is 6.91. The molecule has 0 saturated carbocycles. The van der Waals surface area contributed by atoms with Crippen LogP contribution in [-0.2, 0) is 16.8 Å². The van der Waals surface area contributed by atoms with Crippen molar-refractivity contribution in [3.63, 3.8) is 0 Å². The highest BCUT2D eigenvalue weighted by Crippen LogP contribution is 2.20. The van der Waals surface area contributed by atoms with E-state index in [1.807, 2.05) is 42.5 Å². The van der Waals surface area contributed by atoms with Crippen LogP contribution in [-0.4, -0.2) is 10.8 Å². The van der Waals surface area contributed by atoms with Crippen LogP contribution in [0.3, 0.4) is 0 Å². The maximum atomic E-state index is 12.3. The Bertz CT molecular complexity index is 521. The zero-order valence-electron chi connectivity index (χ0n) is 10.3. The van der Waals surface area contributed by atoms with Crippen LogP contribution >= 0.6 is 0 Å². The Morgan fingerprint density at radius 3 is 2.56 bits per heavy atom. The van der Waals surface area contributed by atoms with Crippen molar-refractivity contribution in [2.75, 3.05) is 0 Å². The van der Waals surface area contributed by atoms with E-state index in [1.54, 1.807) is 19.3 Å². The van der Waals surface area contributed by atoms with Gasteiger partial charge in [-0.15, -0.1) is 0 Å². The van der Waals surface area contributed by atoms with Crippen LogP contribution in [0.2, 0.25) is 0 Å². The summed E-state index contributed by atoms with van der Waals surface area (Å²) in [6, 6.07) is 13.1. The minimum absolute atomic E-state index is 0.0123. The Kier molecular flexibility index (Phi) is 3.53. The van der Waals surface area contributed by atoms with Crippen molar-refractivity contribution in [3.05, 3.63) is 66.0 Å². The van der Waals surface area contributed by atoms with Gasteiger partial charge in [0.05, 0.1) is 5.54 Å². The van der Waals surface area contributed by atoms with Crippen molar-refractivity contribution in [1.29, 1.82) is 0 Å². The molecule has 0 bridgehead atoms. The van der Waals surface area contributed by atoms with Crippen LogP contribution < -0.4 is 5.73 Å². The highest BCUT2D eigenvalue weighted by atomic mass is 16.1. The van der Waals surface area contributed by atoms with Gasteiger partial charge in [0.1, 0.15) is 0 Å². The van der Waals surface area contributed by atoms with Gasteiger partial charge >= 0.3 is 0 Å². The summed E-state index contributed by atoms with van der Waals surface area (Å²) in [6.45, 7) is 1.75. The average Bonchev–Trinajstić information content (AvgIpc) is 2.41. The van der Waals surface area contributed by atoms with Crippen molar-refractivity contribution < 1.29 is 4.79 Å². The Hall–Kier alpha value is -2.00. The molecule has 18 heavy (non-hydrogen) atoms. The normalized spacial score (nSPS) is 13.9. The lowest BCUT2D eigenvalue weighted by Crippen LogP contribution is -2.42. The number of pyridine rings is 1. The van der Waals surface area contributed by atoms with Crippen molar-refractivity contribution in [3.8, 4) is 0 Å². The van der Waals surface area contributed by atoms with E-state index in [4.69, 9.17) is 5.73 Å². The summed E-state index contributed by atoms with van der Waals surface area (Å²) in [6.07, 6.45) is 3.68. The Morgan fingerprint density at radius 1 is 1.22 bits per heavy atom. The molecule has 3 nitrogen and oxygen atoms in total. The minimum atomic E-state index is -0.961. The lowest BCUT2D eigenvalue weighted by molar-refractivity contribution is -0.123. The van der Waals surface area contributed by atoms with Gasteiger partial charge in [-0.05, 0) is 24.1 Å². The van der Waals surface area contributed by atoms with Gasteiger partial charge < -0.3 is 5.73 Å². The number of nitrogens with two attached hydrogens (primary N) is 1. The van der Waals surface area contributed by atoms with E-state index in [-0.39, 0.29) is 5.78 Å². The second kappa shape index (κ2) is 5.10. The lowest BCUT2D eigenvalue weighted by Gasteiger charge is -2.23. The van der Waals surface area contributed by atoms with Crippen LogP contribution in [0.4, 0.5) is 0 Å². The topological polar surface area (TPSA) is 56.0 Å². The first kappa shape index (κ1) is 12.5. The largest absolute Gasteiger partial charge is 0.315 e. The Balaban J connectivity index is 2.18. The van der Waals surface area contributed by atoms with E-state index >= 15 is 0 Å². The fourth-order valence-corrected chi connectivity index (χ4v) is 1.82. The Labute approximate surface area is 107 Å². The Morgan fingerprint density at radius 2 is 1.94 bits per heavy atom. The van der Waals surface area contributed by atoms with Gasteiger partial charge in [-0.1, -0.05) is 36.4 Å². The molecule has 1 unspecified atom stereocenters. The molecule has 1 atom stereocenters. The molecule has 2 rings (SSSR count). The summed E-state index contributed by atoms with van der Waals surface area (Å²) in [4.78, 5) is 16.3. The quantitative estimate of drug-likeness (QED) is 0.890. The molecular formula is C15H16N2O. The van der Waals surface area contributed by atoms with Crippen molar-refractivity contribution in [2.24, 2.45) is 5.73 Å². The number of hydrogen-bond acceptors (Lipinski definition) is 3. The summed E-state index contributed by atoms with van der Waals surface area (Å²) in [5.74, 6) is -0.0123. The molecule has 0 aliphatic rings. The number of benzene rings is 1. The lowest BCUT2D eigenvalue weighted by atomic mass is 9.86. The molecule has 1 aromatic heterocycles. The first-order valence-corrected chi connectivity index (χ1v) is 5.87. The van der Waals surface area contributed by atoms with Gasteiger partial charge in [0.15, 0.2) is 5.78 Å². The zero-order valence-corrected chi connectivity index (χ0v) is 10.3. The second-order valence-electron chi connectivity index (χ2n) is 4.53. The summed E-state index contributed by atoms with van der Waals surface area (Å²) >= 11 is 0. The average molecular weight is 240 g/mol. The monoisotopic (exact) mass is 240 g/mol. The van der Waals surface area contributed by atoms with Crippen molar-refractivity contribution in [2.45, 2.75) is 18.9 Å². The maximum absolute atomic E-state index is 12.3. The van der Waals surface area contributed by atoms with Gasteiger partial charge in [-0.2, -0.15) is 0 Å². The highest BCUT2D eigenvalue weighted by Gasteiger charge is 2.29. The predicted octanol–water partition coefficient (Wildman–Crippen LogP) is 2.07. The molecule has 1 aromatic carbocycles. The standard InChI is InChI=1S/C15H16N2O/c1-15(16,13-7-3-2-4-8-13)14(18)10-12-6-5-9-17-11-12/h2-9,11H,10,16H2,1H3. The van der Waals surface area contributed by atoms with Gasteiger partial charge in [-0.3, -0.25) is 9.78 Å². The minimum Gasteiger partial charge on any atom is -0.315 e.